The number of likely N-dealkylation sites (tertiary alicyclic amines) is 3. The fraction of sp³-hybridized carbons (Fsp3) is 0.667. The standard InChI is InChI=1S/C27H38N4O2/c32-27(29-13-1-2-14-29)30-15-9-23(10-16-30)31-19-8-21-20-25(6-7-26(21)31)33-24-11-17-28(18-12-24)22-4-3-5-22/h6-8,19-20,22-24H,1-5,9-18H2. The van der Waals surface area contributed by atoms with Gasteiger partial charge in [-0.1, -0.05) is 6.42 Å². The number of rotatable bonds is 4. The summed E-state index contributed by atoms with van der Waals surface area (Å²) in [4.78, 5) is 19.5. The van der Waals surface area contributed by atoms with Crippen molar-refractivity contribution >= 4 is 16.9 Å². The van der Waals surface area contributed by atoms with Crippen LogP contribution in [-0.2, 0) is 0 Å². The van der Waals surface area contributed by atoms with Crippen molar-refractivity contribution in [2.75, 3.05) is 39.3 Å². The monoisotopic (exact) mass is 450 g/mol. The first-order valence-corrected chi connectivity index (χ1v) is 13.3. The molecule has 2 aromatic rings. The molecule has 4 heterocycles. The highest BCUT2D eigenvalue weighted by molar-refractivity contribution is 5.82. The number of aromatic nitrogens is 1. The van der Waals surface area contributed by atoms with Crippen molar-refractivity contribution in [2.45, 2.75) is 76.0 Å². The lowest BCUT2D eigenvalue weighted by atomic mass is 9.90. The molecule has 3 aliphatic heterocycles. The Labute approximate surface area is 197 Å². The number of ether oxygens (including phenoxy) is 1. The Morgan fingerprint density at radius 3 is 2.18 bits per heavy atom. The molecule has 0 N–H and O–H groups in total. The fourth-order valence-corrected chi connectivity index (χ4v) is 6.28. The third-order valence-corrected chi connectivity index (χ3v) is 8.57. The smallest absolute Gasteiger partial charge is 0.319 e. The summed E-state index contributed by atoms with van der Waals surface area (Å²) >= 11 is 0. The van der Waals surface area contributed by atoms with Crippen molar-refractivity contribution in [2.24, 2.45) is 0 Å². The Kier molecular flexibility index (Phi) is 5.95. The van der Waals surface area contributed by atoms with Crippen LogP contribution in [0.3, 0.4) is 0 Å². The lowest BCUT2D eigenvalue weighted by Crippen LogP contribution is -2.46. The van der Waals surface area contributed by atoms with Gasteiger partial charge < -0.3 is 24.0 Å². The predicted molar refractivity (Wildman–Crippen MR) is 131 cm³/mol. The van der Waals surface area contributed by atoms with Crippen LogP contribution >= 0.6 is 0 Å². The predicted octanol–water partition coefficient (Wildman–Crippen LogP) is 4.89. The maximum Gasteiger partial charge on any atom is 0.319 e. The highest BCUT2D eigenvalue weighted by atomic mass is 16.5. The molecule has 1 aliphatic carbocycles. The fourth-order valence-electron chi connectivity index (χ4n) is 6.28. The number of carbonyl (C=O) groups excluding carboxylic acids is 1. The summed E-state index contributed by atoms with van der Waals surface area (Å²) in [5, 5.41) is 1.26. The summed E-state index contributed by atoms with van der Waals surface area (Å²) in [5.74, 6) is 1.01. The summed E-state index contributed by atoms with van der Waals surface area (Å²) in [5.41, 5.74) is 1.28. The molecule has 3 saturated heterocycles. The largest absolute Gasteiger partial charge is 0.490 e. The second kappa shape index (κ2) is 9.21. The Bertz CT molecular complexity index is 962. The zero-order chi connectivity index (χ0) is 22.2. The summed E-state index contributed by atoms with van der Waals surface area (Å²) in [6.07, 6.45) is 13.4. The van der Waals surface area contributed by atoms with Crippen LogP contribution in [0.5, 0.6) is 5.75 Å². The Morgan fingerprint density at radius 2 is 1.48 bits per heavy atom. The van der Waals surface area contributed by atoms with Gasteiger partial charge in [-0.15, -0.1) is 0 Å². The van der Waals surface area contributed by atoms with Gasteiger partial charge in [0.2, 0.25) is 0 Å². The van der Waals surface area contributed by atoms with E-state index in [0.29, 0.717) is 12.1 Å². The quantitative estimate of drug-likeness (QED) is 0.666. The Hall–Kier alpha value is -2.21. The molecule has 1 aromatic carbocycles. The highest BCUT2D eigenvalue weighted by Gasteiger charge is 2.30. The van der Waals surface area contributed by atoms with Crippen LogP contribution in [0.25, 0.3) is 10.9 Å². The number of carbonyl (C=O) groups is 1. The van der Waals surface area contributed by atoms with Crippen LogP contribution in [0, 0.1) is 0 Å². The van der Waals surface area contributed by atoms with E-state index >= 15 is 0 Å². The Balaban J connectivity index is 1.05. The van der Waals surface area contributed by atoms with Gasteiger partial charge >= 0.3 is 6.03 Å². The molecule has 0 radical (unpaired) electrons. The van der Waals surface area contributed by atoms with Crippen LogP contribution in [0.1, 0.15) is 63.8 Å². The maximum absolute atomic E-state index is 12.7. The first-order valence-electron chi connectivity index (χ1n) is 13.3. The molecule has 1 aromatic heterocycles. The summed E-state index contributed by atoms with van der Waals surface area (Å²) in [7, 11) is 0. The first-order chi connectivity index (χ1) is 16.2. The number of amides is 2. The zero-order valence-corrected chi connectivity index (χ0v) is 19.8. The first kappa shape index (κ1) is 21.3. The molecule has 33 heavy (non-hydrogen) atoms. The number of hydrogen-bond donors (Lipinski definition) is 0. The molecule has 4 fully saturated rings. The van der Waals surface area contributed by atoms with Crippen LogP contribution in [0.2, 0.25) is 0 Å². The molecule has 0 unspecified atom stereocenters. The van der Waals surface area contributed by atoms with Gasteiger partial charge in [0, 0.05) is 68.5 Å². The van der Waals surface area contributed by atoms with Crippen molar-refractivity contribution in [3.63, 3.8) is 0 Å². The SMILES string of the molecule is O=C(N1CCCC1)N1CCC(n2ccc3cc(OC4CCN(C5CCC5)CC4)ccc32)CC1. The molecule has 4 aliphatic rings. The van der Waals surface area contributed by atoms with Gasteiger partial charge in [0.05, 0.1) is 0 Å². The molecule has 0 bridgehead atoms. The minimum atomic E-state index is 0.253. The number of piperidine rings is 2. The summed E-state index contributed by atoms with van der Waals surface area (Å²) < 4.78 is 8.83. The molecular weight excluding hydrogens is 412 g/mol. The maximum atomic E-state index is 12.7. The number of nitrogens with zero attached hydrogens (tertiary/aromatic N) is 4. The number of hydrogen-bond acceptors (Lipinski definition) is 3. The Morgan fingerprint density at radius 1 is 0.758 bits per heavy atom. The second-order valence-corrected chi connectivity index (χ2v) is 10.6. The molecule has 0 atom stereocenters. The molecular formula is C27H38N4O2. The van der Waals surface area contributed by atoms with Gasteiger partial charge in [0.15, 0.2) is 0 Å². The minimum Gasteiger partial charge on any atom is -0.490 e. The van der Waals surface area contributed by atoms with E-state index in [1.54, 1.807) is 0 Å². The molecule has 6 rings (SSSR count). The molecule has 1 saturated carbocycles. The average Bonchev–Trinajstić information content (AvgIpc) is 3.49. The van der Waals surface area contributed by atoms with Crippen LogP contribution in [0.4, 0.5) is 4.79 Å². The van der Waals surface area contributed by atoms with Gasteiger partial charge in [0.25, 0.3) is 0 Å². The van der Waals surface area contributed by atoms with Crippen LogP contribution in [-0.4, -0.2) is 76.7 Å². The van der Waals surface area contributed by atoms with E-state index in [0.717, 1.165) is 76.5 Å². The van der Waals surface area contributed by atoms with Gasteiger partial charge in [-0.05, 0) is 75.6 Å². The van der Waals surface area contributed by atoms with Crippen LogP contribution in [0.15, 0.2) is 30.5 Å². The third-order valence-electron chi connectivity index (χ3n) is 8.57. The second-order valence-electron chi connectivity index (χ2n) is 10.6. The molecule has 0 spiro atoms. The lowest BCUT2D eigenvalue weighted by Gasteiger charge is -2.41. The number of urea groups is 1. The highest BCUT2D eigenvalue weighted by Crippen LogP contribution is 2.32. The van der Waals surface area contributed by atoms with E-state index in [-0.39, 0.29) is 6.03 Å². The normalized spacial score (nSPS) is 23.9. The van der Waals surface area contributed by atoms with Gasteiger partial charge in [-0.2, -0.15) is 0 Å². The van der Waals surface area contributed by atoms with E-state index in [4.69, 9.17) is 4.74 Å². The van der Waals surface area contributed by atoms with Crippen molar-refractivity contribution < 1.29 is 9.53 Å². The van der Waals surface area contributed by atoms with Crippen LogP contribution < -0.4 is 4.74 Å². The molecule has 6 nitrogen and oxygen atoms in total. The summed E-state index contributed by atoms with van der Waals surface area (Å²) in [6.45, 7) is 5.97. The van der Waals surface area contributed by atoms with E-state index in [2.05, 4.69) is 44.8 Å². The number of fused-ring (bicyclic) bond motifs is 1. The van der Waals surface area contributed by atoms with E-state index in [1.165, 1.54) is 43.3 Å². The zero-order valence-electron chi connectivity index (χ0n) is 19.8. The number of benzene rings is 1. The van der Waals surface area contributed by atoms with E-state index < -0.39 is 0 Å². The topological polar surface area (TPSA) is 41.0 Å². The molecule has 2 amide bonds. The van der Waals surface area contributed by atoms with Gasteiger partial charge in [0.1, 0.15) is 11.9 Å². The van der Waals surface area contributed by atoms with Gasteiger partial charge in [-0.25, -0.2) is 4.79 Å². The van der Waals surface area contributed by atoms with E-state index in [9.17, 15) is 4.79 Å². The average molecular weight is 451 g/mol. The van der Waals surface area contributed by atoms with E-state index in [1.807, 2.05) is 4.90 Å². The van der Waals surface area contributed by atoms with Crippen molar-refractivity contribution in [1.82, 2.24) is 19.3 Å². The molecule has 178 valence electrons. The van der Waals surface area contributed by atoms with Crippen molar-refractivity contribution in [1.29, 1.82) is 0 Å². The van der Waals surface area contributed by atoms with Gasteiger partial charge in [-0.3, -0.25) is 0 Å². The summed E-state index contributed by atoms with van der Waals surface area (Å²) in [6, 6.07) is 10.4. The van der Waals surface area contributed by atoms with Crippen molar-refractivity contribution in [3.8, 4) is 5.75 Å². The minimum absolute atomic E-state index is 0.253. The molecule has 6 heteroatoms. The lowest BCUT2D eigenvalue weighted by molar-refractivity contribution is 0.0494. The third kappa shape index (κ3) is 4.34. The van der Waals surface area contributed by atoms with Crippen molar-refractivity contribution in [3.05, 3.63) is 30.5 Å².